The van der Waals surface area contributed by atoms with Gasteiger partial charge in [-0.15, -0.1) is 5.11 Å². The van der Waals surface area contributed by atoms with E-state index in [1.165, 1.54) is 18.2 Å². The van der Waals surface area contributed by atoms with E-state index in [1.807, 2.05) is 9.97 Å². The van der Waals surface area contributed by atoms with Crippen LogP contribution in [0.15, 0.2) is 44.1 Å². The predicted octanol–water partition coefficient (Wildman–Crippen LogP) is 1.32. The Labute approximate surface area is 98.7 Å². The molecular weight excluding hydrogens is 243 g/mol. The summed E-state index contributed by atoms with van der Waals surface area (Å²) in [4.78, 5) is 25.9. The molecule has 8 heteroatoms. The number of nitrogens with zero attached hydrogens (tertiary/aromatic N) is 2. The zero-order chi connectivity index (χ0) is 13.1. The van der Waals surface area contributed by atoms with Crippen molar-refractivity contribution in [1.82, 2.24) is 9.97 Å². The average molecular weight is 250 g/mol. The molecule has 3 N–H and O–H groups in total. The molecule has 0 fully saturated rings. The number of H-pyrrole nitrogens is 2. The Balaban J connectivity index is 2.41. The topological polar surface area (TPSA) is 111 Å². The van der Waals surface area contributed by atoms with Crippen LogP contribution in [0, 0.1) is 5.82 Å². The molecule has 0 aliphatic rings. The van der Waals surface area contributed by atoms with Crippen LogP contribution in [0.25, 0.3) is 0 Å². The molecule has 0 saturated carbocycles. The van der Waals surface area contributed by atoms with Crippen LogP contribution < -0.4 is 11.2 Å². The monoisotopic (exact) mass is 250 g/mol. The third-order valence-corrected chi connectivity index (χ3v) is 1.97. The van der Waals surface area contributed by atoms with Crippen LogP contribution in [0.5, 0.6) is 5.88 Å². The first-order valence-electron chi connectivity index (χ1n) is 4.79. The summed E-state index contributed by atoms with van der Waals surface area (Å²) in [5.41, 5.74) is -2.04. The van der Waals surface area contributed by atoms with E-state index in [0.717, 1.165) is 6.07 Å². The van der Waals surface area contributed by atoms with E-state index < -0.39 is 28.6 Å². The van der Waals surface area contributed by atoms with Crippen molar-refractivity contribution in [3.05, 3.63) is 50.9 Å². The molecule has 0 radical (unpaired) electrons. The van der Waals surface area contributed by atoms with Crippen molar-refractivity contribution in [3.63, 3.8) is 0 Å². The quantitative estimate of drug-likeness (QED) is 0.699. The molecule has 1 heterocycles. The molecule has 0 amide bonds. The van der Waals surface area contributed by atoms with Crippen LogP contribution in [0.3, 0.4) is 0 Å². The lowest BCUT2D eigenvalue weighted by Gasteiger charge is -1.95. The Morgan fingerprint density at radius 3 is 2.61 bits per heavy atom. The summed E-state index contributed by atoms with van der Waals surface area (Å²) in [7, 11) is 0. The summed E-state index contributed by atoms with van der Waals surface area (Å²) in [6, 6.07) is 5.20. The molecule has 18 heavy (non-hydrogen) atoms. The number of benzene rings is 1. The van der Waals surface area contributed by atoms with Crippen LogP contribution in [-0.4, -0.2) is 15.1 Å². The minimum absolute atomic E-state index is 0.167. The lowest BCUT2D eigenvalue weighted by molar-refractivity contribution is 0.450. The fourth-order valence-corrected chi connectivity index (χ4v) is 1.21. The molecule has 7 nitrogen and oxygen atoms in total. The molecule has 1 aromatic carbocycles. The van der Waals surface area contributed by atoms with Gasteiger partial charge in [0.15, 0.2) is 0 Å². The van der Waals surface area contributed by atoms with Crippen molar-refractivity contribution in [2.24, 2.45) is 10.2 Å². The van der Waals surface area contributed by atoms with Crippen molar-refractivity contribution < 1.29 is 9.50 Å². The first-order chi connectivity index (χ1) is 8.56. The highest BCUT2D eigenvalue weighted by atomic mass is 19.1. The molecule has 92 valence electrons. The molecule has 2 aromatic rings. The van der Waals surface area contributed by atoms with E-state index in [2.05, 4.69) is 10.2 Å². The SMILES string of the molecule is O=c1[nH]c(O)c(N=Nc2cccc(F)c2)c(=O)[nH]1. The van der Waals surface area contributed by atoms with Crippen molar-refractivity contribution in [2.45, 2.75) is 0 Å². The molecule has 0 aliphatic heterocycles. The number of hydrogen-bond acceptors (Lipinski definition) is 5. The summed E-state index contributed by atoms with van der Waals surface area (Å²) < 4.78 is 12.8. The summed E-state index contributed by atoms with van der Waals surface area (Å²) >= 11 is 0. The van der Waals surface area contributed by atoms with E-state index in [1.54, 1.807) is 0 Å². The second kappa shape index (κ2) is 4.62. The second-order valence-corrected chi connectivity index (χ2v) is 3.29. The Bertz CT molecular complexity index is 720. The van der Waals surface area contributed by atoms with Gasteiger partial charge in [-0.3, -0.25) is 14.8 Å². The van der Waals surface area contributed by atoms with Gasteiger partial charge in [-0.25, -0.2) is 9.18 Å². The number of aromatic hydroxyl groups is 1. The normalized spacial score (nSPS) is 10.9. The van der Waals surface area contributed by atoms with Crippen LogP contribution in [0.4, 0.5) is 15.8 Å². The van der Waals surface area contributed by atoms with Crippen LogP contribution in [0.2, 0.25) is 0 Å². The number of halogens is 1. The molecule has 0 saturated heterocycles. The minimum Gasteiger partial charge on any atom is -0.493 e. The number of rotatable bonds is 2. The zero-order valence-electron chi connectivity index (χ0n) is 8.85. The maximum Gasteiger partial charge on any atom is 0.328 e. The smallest absolute Gasteiger partial charge is 0.328 e. The summed E-state index contributed by atoms with van der Waals surface area (Å²) in [5, 5.41) is 16.3. The second-order valence-electron chi connectivity index (χ2n) is 3.29. The third-order valence-electron chi connectivity index (χ3n) is 1.97. The van der Waals surface area contributed by atoms with Crippen LogP contribution >= 0.6 is 0 Å². The molecule has 0 spiro atoms. The Kier molecular flexibility index (Phi) is 3.00. The van der Waals surface area contributed by atoms with E-state index in [4.69, 9.17) is 0 Å². The van der Waals surface area contributed by atoms with Crippen molar-refractivity contribution in [3.8, 4) is 5.88 Å². The maximum absolute atomic E-state index is 12.8. The highest BCUT2D eigenvalue weighted by Crippen LogP contribution is 2.20. The Morgan fingerprint density at radius 2 is 1.94 bits per heavy atom. The standard InChI is InChI=1S/C10H7FN4O3/c11-5-2-1-3-6(4-5)14-15-7-8(16)12-10(18)13-9(7)17/h1-4H,(H3,12,13,16,17,18). The van der Waals surface area contributed by atoms with Gasteiger partial charge >= 0.3 is 5.69 Å². The van der Waals surface area contributed by atoms with E-state index in [0.29, 0.717) is 0 Å². The fourth-order valence-electron chi connectivity index (χ4n) is 1.21. The van der Waals surface area contributed by atoms with Crippen LogP contribution in [-0.2, 0) is 0 Å². The molecule has 0 unspecified atom stereocenters. The largest absolute Gasteiger partial charge is 0.493 e. The number of nitrogens with one attached hydrogen (secondary N) is 2. The first kappa shape index (κ1) is 11.7. The summed E-state index contributed by atoms with van der Waals surface area (Å²) in [6.45, 7) is 0. The van der Waals surface area contributed by atoms with E-state index in [-0.39, 0.29) is 5.69 Å². The Morgan fingerprint density at radius 1 is 1.17 bits per heavy atom. The lowest BCUT2D eigenvalue weighted by Crippen LogP contribution is -2.20. The highest BCUT2D eigenvalue weighted by molar-refractivity contribution is 5.44. The Hall–Kier alpha value is -2.77. The van der Waals surface area contributed by atoms with E-state index in [9.17, 15) is 19.1 Å². The molecule has 2 rings (SSSR count). The fraction of sp³-hybridized carbons (Fsp3) is 0. The van der Waals surface area contributed by atoms with Crippen molar-refractivity contribution in [2.75, 3.05) is 0 Å². The number of azo groups is 1. The van der Waals surface area contributed by atoms with E-state index >= 15 is 0 Å². The molecular formula is C10H7FN4O3. The number of aromatic nitrogens is 2. The highest BCUT2D eigenvalue weighted by Gasteiger charge is 2.07. The summed E-state index contributed by atoms with van der Waals surface area (Å²) in [5.74, 6) is -1.21. The van der Waals surface area contributed by atoms with Gasteiger partial charge < -0.3 is 5.11 Å². The van der Waals surface area contributed by atoms with Gasteiger partial charge in [0.05, 0.1) is 5.69 Å². The molecule has 1 aromatic heterocycles. The lowest BCUT2D eigenvalue weighted by atomic mass is 10.3. The number of aromatic amines is 2. The van der Waals surface area contributed by atoms with Gasteiger partial charge in [-0.2, -0.15) is 5.11 Å². The average Bonchev–Trinajstić information content (AvgIpc) is 2.27. The zero-order valence-corrected chi connectivity index (χ0v) is 8.85. The summed E-state index contributed by atoms with van der Waals surface area (Å²) in [6.07, 6.45) is 0. The van der Waals surface area contributed by atoms with Gasteiger partial charge in [-0.05, 0) is 12.1 Å². The molecule has 0 atom stereocenters. The molecule has 0 aliphatic carbocycles. The van der Waals surface area contributed by atoms with Crippen molar-refractivity contribution >= 4 is 11.4 Å². The maximum atomic E-state index is 12.8. The predicted molar refractivity (Wildman–Crippen MR) is 59.9 cm³/mol. The van der Waals surface area contributed by atoms with Gasteiger partial charge in [0, 0.05) is 6.07 Å². The first-order valence-corrected chi connectivity index (χ1v) is 4.79. The minimum atomic E-state index is -0.892. The third kappa shape index (κ3) is 2.48. The van der Waals surface area contributed by atoms with Crippen molar-refractivity contribution in [1.29, 1.82) is 0 Å². The molecule has 0 bridgehead atoms. The number of hydrogen-bond donors (Lipinski definition) is 3. The van der Waals surface area contributed by atoms with Crippen LogP contribution in [0.1, 0.15) is 0 Å². The van der Waals surface area contributed by atoms with Gasteiger partial charge in [0.2, 0.25) is 11.6 Å². The van der Waals surface area contributed by atoms with Gasteiger partial charge in [-0.1, -0.05) is 6.07 Å². The van der Waals surface area contributed by atoms with Gasteiger partial charge in [0.25, 0.3) is 5.56 Å². The van der Waals surface area contributed by atoms with Gasteiger partial charge in [0.1, 0.15) is 5.82 Å².